The molecule has 0 unspecified atom stereocenters. The first-order valence-corrected chi connectivity index (χ1v) is 17.6. The van der Waals surface area contributed by atoms with Crippen molar-refractivity contribution in [2.75, 3.05) is 0 Å². The highest BCUT2D eigenvalue weighted by atomic mass is 32.1. The fourth-order valence-corrected chi connectivity index (χ4v) is 8.11. The molecule has 3 aromatic heterocycles. The number of fused-ring (bicyclic) bond motifs is 6. The number of rotatable bonds is 7. The summed E-state index contributed by atoms with van der Waals surface area (Å²) in [5.74, 6) is 0. The molecule has 3 heterocycles. The van der Waals surface area contributed by atoms with Gasteiger partial charge in [-0.05, 0) is 118 Å². The van der Waals surface area contributed by atoms with Gasteiger partial charge in [-0.3, -0.25) is 4.98 Å². The van der Waals surface area contributed by atoms with Gasteiger partial charge < -0.3 is 10.2 Å². The van der Waals surface area contributed by atoms with Crippen LogP contribution in [0.15, 0.2) is 175 Å². The van der Waals surface area contributed by atoms with Crippen LogP contribution in [0.3, 0.4) is 0 Å². The van der Waals surface area contributed by atoms with Crippen molar-refractivity contribution in [3.63, 3.8) is 0 Å². The van der Waals surface area contributed by atoms with Crippen LogP contribution in [-0.4, -0.2) is 4.98 Å². The summed E-state index contributed by atoms with van der Waals surface area (Å²) in [6.45, 7) is 0. The van der Waals surface area contributed by atoms with Crippen LogP contribution in [0.25, 0.3) is 86.7 Å². The molecule has 0 spiro atoms. The average Bonchev–Trinajstić information content (AvgIpc) is 3.73. The van der Waals surface area contributed by atoms with Gasteiger partial charge in [0.2, 0.25) is 0 Å². The molecule has 0 radical (unpaired) electrons. The summed E-state index contributed by atoms with van der Waals surface area (Å²) >= 11 is 1.84. The zero-order chi connectivity index (χ0) is 33.4. The number of hydrogen-bond acceptors (Lipinski definition) is 4. The molecule has 3 nitrogen and oxygen atoms in total. The van der Waals surface area contributed by atoms with E-state index in [0.717, 1.165) is 39.6 Å². The van der Waals surface area contributed by atoms with Crippen molar-refractivity contribution in [1.29, 1.82) is 0 Å². The maximum Gasteiger partial charge on any atom is 0.135 e. The lowest BCUT2D eigenvalue weighted by Gasteiger charge is -2.10. The molecular weight excluding hydrogens is 629 g/mol. The van der Waals surface area contributed by atoms with Gasteiger partial charge in [-0.1, -0.05) is 91.0 Å². The van der Waals surface area contributed by atoms with Gasteiger partial charge in [-0.25, -0.2) is 0 Å². The summed E-state index contributed by atoms with van der Waals surface area (Å²) in [5, 5.41) is 4.78. The van der Waals surface area contributed by atoms with Crippen molar-refractivity contribution in [2.24, 2.45) is 5.73 Å². The summed E-state index contributed by atoms with van der Waals surface area (Å²) in [7, 11) is 0. The third-order valence-corrected chi connectivity index (χ3v) is 10.6. The van der Waals surface area contributed by atoms with E-state index in [1.807, 2.05) is 41.8 Å². The fourth-order valence-electron chi connectivity index (χ4n) is 7.05. The Morgan fingerprint density at radius 3 is 1.86 bits per heavy atom. The van der Waals surface area contributed by atoms with Gasteiger partial charge in [-0.2, -0.15) is 0 Å². The number of thiophene rings is 1. The quantitative estimate of drug-likeness (QED) is 0.173. The Morgan fingerprint density at radius 1 is 0.540 bits per heavy atom. The molecular formula is C46H32N2OS. The van der Waals surface area contributed by atoms with Crippen LogP contribution in [0.1, 0.15) is 5.56 Å². The van der Waals surface area contributed by atoms with Crippen LogP contribution in [0.5, 0.6) is 0 Å². The summed E-state index contributed by atoms with van der Waals surface area (Å²) in [5.41, 5.74) is 17.8. The third kappa shape index (κ3) is 5.36. The molecule has 0 amide bonds. The number of pyridine rings is 1. The van der Waals surface area contributed by atoms with Crippen molar-refractivity contribution in [3.05, 3.63) is 176 Å². The predicted molar refractivity (Wildman–Crippen MR) is 212 cm³/mol. The van der Waals surface area contributed by atoms with Gasteiger partial charge in [0.1, 0.15) is 11.2 Å². The zero-order valence-electron chi connectivity index (χ0n) is 27.2. The molecule has 0 aliphatic carbocycles. The maximum absolute atomic E-state index is 6.34. The maximum atomic E-state index is 6.34. The molecule has 9 aromatic rings. The lowest BCUT2D eigenvalue weighted by atomic mass is 9.95. The largest absolute Gasteiger partial charge is 0.456 e. The topological polar surface area (TPSA) is 52.0 Å². The van der Waals surface area contributed by atoms with Gasteiger partial charge in [0, 0.05) is 42.7 Å². The van der Waals surface area contributed by atoms with E-state index < -0.39 is 0 Å². The number of hydrogen-bond donors (Lipinski definition) is 1. The van der Waals surface area contributed by atoms with E-state index >= 15 is 0 Å². The number of nitrogens with two attached hydrogens (primary N) is 1. The van der Waals surface area contributed by atoms with Crippen LogP contribution >= 0.6 is 11.3 Å². The molecule has 0 fully saturated rings. The lowest BCUT2D eigenvalue weighted by Crippen LogP contribution is -1.88. The first kappa shape index (κ1) is 29.9. The number of benzene rings is 6. The van der Waals surface area contributed by atoms with Crippen LogP contribution in [0.2, 0.25) is 0 Å². The molecule has 238 valence electrons. The van der Waals surface area contributed by atoms with Gasteiger partial charge in [0.25, 0.3) is 0 Å². The normalized spacial score (nSPS) is 12.0. The number of nitrogens with zero attached hydrogens (tertiary/aromatic N) is 1. The fraction of sp³-hybridized carbons (Fsp3) is 0.0217. The van der Waals surface area contributed by atoms with E-state index in [4.69, 9.17) is 10.2 Å². The summed E-state index contributed by atoms with van der Waals surface area (Å²) in [6, 6.07) is 50.0. The molecule has 0 atom stereocenters. The summed E-state index contributed by atoms with van der Waals surface area (Å²) < 4.78 is 8.90. The molecule has 0 saturated heterocycles. The lowest BCUT2D eigenvalue weighted by molar-refractivity contribution is 0.669. The summed E-state index contributed by atoms with van der Waals surface area (Å²) in [4.78, 5) is 4.65. The molecule has 4 heteroatoms. The molecule has 0 aliphatic heterocycles. The Bertz CT molecular complexity index is 2750. The molecule has 2 N–H and O–H groups in total. The van der Waals surface area contributed by atoms with Crippen molar-refractivity contribution in [1.82, 2.24) is 4.98 Å². The van der Waals surface area contributed by atoms with E-state index in [9.17, 15) is 0 Å². The van der Waals surface area contributed by atoms with Gasteiger partial charge >= 0.3 is 0 Å². The Balaban J connectivity index is 1.12. The Kier molecular flexibility index (Phi) is 7.57. The SMILES string of the molecule is N/C=C\C=C/Cc1ccccc1-c1ccc2oc3ccc(-c4ccc5sc6ccc(-c7ccccc7-c7ccccn7)cc6c5c4)cc3c2c1. The Morgan fingerprint density at radius 2 is 1.12 bits per heavy atom. The third-order valence-electron chi connectivity index (χ3n) is 9.48. The second-order valence-corrected chi connectivity index (χ2v) is 13.6. The highest BCUT2D eigenvalue weighted by molar-refractivity contribution is 7.25. The molecule has 0 saturated carbocycles. The number of allylic oxidation sites excluding steroid dienone is 3. The molecule has 6 aromatic carbocycles. The van der Waals surface area contributed by atoms with Crippen LogP contribution in [0.4, 0.5) is 0 Å². The first-order valence-electron chi connectivity index (χ1n) is 16.8. The zero-order valence-corrected chi connectivity index (χ0v) is 28.0. The van der Waals surface area contributed by atoms with Crippen molar-refractivity contribution < 1.29 is 4.42 Å². The Hall–Kier alpha value is -6.23. The van der Waals surface area contributed by atoms with Crippen molar-refractivity contribution in [3.8, 4) is 44.6 Å². The first-order chi connectivity index (χ1) is 24.7. The highest BCUT2D eigenvalue weighted by Crippen LogP contribution is 2.41. The van der Waals surface area contributed by atoms with Gasteiger partial charge in [-0.15, -0.1) is 11.3 Å². The molecule has 50 heavy (non-hydrogen) atoms. The summed E-state index contributed by atoms with van der Waals surface area (Å²) in [6.07, 6.45) is 10.2. The molecule has 0 aliphatic rings. The van der Waals surface area contributed by atoms with E-state index in [-0.39, 0.29) is 0 Å². The van der Waals surface area contributed by atoms with Crippen LogP contribution in [0, 0.1) is 0 Å². The van der Waals surface area contributed by atoms with E-state index in [1.54, 1.807) is 6.20 Å². The number of furan rings is 1. The standard InChI is InChI=1S/C46H32N2OS/c47-24-8-1-2-10-30-11-3-4-12-35(30)33-17-21-44-39(28-33)38-26-31(16-20-43(38)49-44)32-18-22-45-40(27-32)41-29-34(19-23-46(41)50-45)36-13-5-6-14-37(36)42-15-7-9-25-48-42/h1-9,11-29H,10,47H2/b2-1-,24-8-. The minimum Gasteiger partial charge on any atom is -0.456 e. The van der Waals surface area contributed by atoms with E-state index in [1.165, 1.54) is 59.1 Å². The van der Waals surface area contributed by atoms with Crippen molar-refractivity contribution >= 4 is 53.4 Å². The smallest absolute Gasteiger partial charge is 0.135 e. The highest BCUT2D eigenvalue weighted by Gasteiger charge is 2.14. The second kappa shape index (κ2) is 12.7. The van der Waals surface area contributed by atoms with Crippen molar-refractivity contribution in [2.45, 2.75) is 6.42 Å². The van der Waals surface area contributed by atoms with Gasteiger partial charge in [0.05, 0.1) is 5.69 Å². The van der Waals surface area contributed by atoms with E-state index in [2.05, 4.69) is 138 Å². The van der Waals surface area contributed by atoms with Crippen LogP contribution in [-0.2, 0) is 6.42 Å². The minimum atomic E-state index is 0.826. The molecule has 0 bridgehead atoms. The Labute approximate surface area is 294 Å². The van der Waals surface area contributed by atoms with Crippen LogP contribution < -0.4 is 5.73 Å². The average molecular weight is 661 g/mol. The van der Waals surface area contributed by atoms with E-state index in [0.29, 0.717) is 0 Å². The monoisotopic (exact) mass is 660 g/mol. The van der Waals surface area contributed by atoms with Gasteiger partial charge in [0.15, 0.2) is 0 Å². The number of aromatic nitrogens is 1. The second-order valence-electron chi connectivity index (χ2n) is 12.5. The predicted octanol–water partition coefficient (Wildman–Crippen LogP) is 12.6. The molecule has 9 rings (SSSR count). The minimum absolute atomic E-state index is 0.826.